The number of rotatable bonds is 9. The first-order valence-electron chi connectivity index (χ1n) is 20.1. The summed E-state index contributed by atoms with van der Waals surface area (Å²) in [5.41, 5.74) is 8.87. The summed E-state index contributed by atoms with van der Waals surface area (Å²) in [6.07, 6.45) is 7.15. The number of methoxy groups -OCH3 is 1. The fourth-order valence-electron chi connectivity index (χ4n) is 8.22. The van der Waals surface area contributed by atoms with Crippen LogP contribution in [0.4, 0.5) is 0 Å². The van der Waals surface area contributed by atoms with Crippen LogP contribution in [0.5, 0.6) is 0 Å². The molecule has 6 bridgehead atoms. The maximum atomic E-state index is 14.3. The Morgan fingerprint density at radius 2 is 2.00 bits per heavy atom. The van der Waals surface area contributed by atoms with Crippen LogP contribution in [0.3, 0.4) is 0 Å². The van der Waals surface area contributed by atoms with Crippen LogP contribution in [0.25, 0.3) is 27.7 Å². The molecule has 2 saturated heterocycles. The Morgan fingerprint density at radius 3 is 2.69 bits per heavy atom. The molecule has 5 heterocycles. The lowest BCUT2D eigenvalue weighted by Gasteiger charge is -2.36. The van der Waals surface area contributed by atoms with Crippen LogP contribution in [0.2, 0.25) is 0 Å². The quantitative estimate of drug-likeness (QED) is 0.169. The third kappa shape index (κ3) is 9.31. The first-order valence-corrected chi connectivity index (χ1v) is 22.8. The number of aryl methyl sites for hydroxylation is 1. The number of ether oxygens (including phenoxy) is 2. The number of carbonyl (C=O) groups is 3. The van der Waals surface area contributed by atoms with Crippen molar-refractivity contribution >= 4 is 61.8 Å². The van der Waals surface area contributed by atoms with E-state index in [1.54, 1.807) is 13.3 Å². The lowest BCUT2D eigenvalue weighted by Crippen LogP contribution is -2.61. The van der Waals surface area contributed by atoms with Gasteiger partial charge >= 0.3 is 5.97 Å². The van der Waals surface area contributed by atoms with Gasteiger partial charge in [-0.2, -0.15) is 0 Å². The molecule has 3 aromatic rings. The van der Waals surface area contributed by atoms with Crippen molar-refractivity contribution < 1.29 is 32.3 Å². The summed E-state index contributed by atoms with van der Waals surface area (Å²) in [7, 11) is -1.83. The smallest absolute Gasteiger partial charge is 0.324 e. The zero-order chi connectivity index (χ0) is 41.9. The highest BCUT2D eigenvalue weighted by Gasteiger charge is 2.37. The van der Waals surface area contributed by atoms with Crippen molar-refractivity contribution in [1.82, 2.24) is 29.6 Å². The highest BCUT2D eigenvalue weighted by atomic mass is 32.2. The fourth-order valence-corrected chi connectivity index (χ4v) is 9.99. The number of allylic oxidation sites excluding steroid dienone is 2. The Bertz CT molecular complexity index is 2220. The van der Waals surface area contributed by atoms with Crippen LogP contribution in [-0.4, -0.2) is 109 Å². The molecule has 2 aromatic heterocycles. The van der Waals surface area contributed by atoms with Crippen molar-refractivity contribution in [2.45, 2.75) is 97.9 Å². The van der Waals surface area contributed by atoms with Gasteiger partial charge in [0.2, 0.25) is 15.9 Å². The molecular weight excluding hydrogens is 779 g/mol. The third-order valence-electron chi connectivity index (χ3n) is 11.3. The number of nitrogens with one attached hydrogen (secondary N) is 2. The molecule has 2 N–H and O–H groups in total. The molecule has 58 heavy (non-hydrogen) atoms. The normalized spacial score (nSPS) is 23.3. The minimum atomic E-state index is -3.49. The summed E-state index contributed by atoms with van der Waals surface area (Å²) in [4.78, 5) is 51.6. The number of carbonyl (C=O) groups excluding carboxylic acids is 3. The summed E-state index contributed by atoms with van der Waals surface area (Å²) < 4.78 is 40.1. The number of hydrazine groups is 1. The van der Waals surface area contributed by atoms with E-state index in [-0.39, 0.29) is 25.7 Å². The molecule has 4 atom stereocenters. The Balaban J connectivity index is 1.46. The van der Waals surface area contributed by atoms with E-state index in [0.29, 0.717) is 56.7 Å². The van der Waals surface area contributed by atoms with Crippen molar-refractivity contribution in [2.24, 2.45) is 16.3 Å². The molecule has 6 rings (SSSR count). The summed E-state index contributed by atoms with van der Waals surface area (Å²) >= 11 is 1.40. The number of amides is 2. The second kappa shape index (κ2) is 18.0. The van der Waals surface area contributed by atoms with E-state index in [1.165, 1.54) is 20.7 Å². The van der Waals surface area contributed by atoms with Gasteiger partial charge in [-0.15, -0.1) is 11.3 Å². The Morgan fingerprint density at radius 1 is 1.24 bits per heavy atom. The van der Waals surface area contributed by atoms with Crippen LogP contribution in [0, 0.1) is 11.3 Å². The van der Waals surface area contributed by atoms with Crippen LogP contribution < -0.4 is 10.7 Å². The number of hydrogen-bond donors (Lipinski definition) is 2. The predicted octanol–water partition coefficient (Wildman–Crippen LogP) is 5.13. The van der Waals surface area contributed by atoms with Crippen molar-refractivity contribution in [3.05, 3.63) is 58.2 Å². The number of cyclic esters (lactones) is 1. The Hall–Kier alpha value is -4.22. The van der Waals surface area contributed by atoms with Crippen LogP contribution in [0.15, 0.2) is 46.9 Å². The summed E-state index contributed by atoms with van der Waals surface area (Å²) in [6.45, 7) is 15.9. The van der Waals surface area contributed by atoms with Crippen molar-refractivity contribution in [2.75, 3.05) is 39.6 Å². The maximum absolute atomic E-state index is 14.3. The van der Waals surface area contributed by atoms with Gasteiger partial charge in [0.25, 0.3) is 5.91 Å². The zero-order valence-electron chi connectivity index (χ0n) is 34.7. The number of piperidine rings is 1. The molecule has 14 nitrogen and oxygen atoms in total. The summed E-state index contributed by atoms with van der Waals surface area (Å²) in [6, 6.07) is 4.51. The number of aromatic nitrogens is 2. The lowest BCUT2D eigenvalue weighted by atomic mass is 9.84. The molecule has 0 unspecified atom stereocenters. The van der Waals surface area contributed by atoms with E-state index >= 15 is 0 Å². The summed E-state index contributed by atoms with van der Waals surface area (Å²) in [5, 5.41) is 8.00. The number of fused-ring (bicyclic) bond motifs is 6. The lowest BCUT2D eigenvalue weighted by molar-refractivity contribution is -0.155. The molecule has 0 saturated carbocycles. The number of thiazole rings is 1. The van der Waals surface area contributed by atoms with Gasteiger partial charge in [0.1, 0.15) is 12.1 Å². The number of esters is 1. The molecular formula is C42H57N7O7S2. The third-order valence-corrected chi connectivity index (χ3v) is 13.4. The molecule has 3 aliphatic rings. The molecule has 1 aromatic carbocycles. The van der Waals surface area contributed by atoms with Gasteiger partial charge in [0.05, 0.1) is 47.0 Å². The molecule has 3 aliphatic heterocycles. The number of aliphatic imine (C=N–C) groups is 1. The Labute approximate surface area is 345 Å². The van der Waals surface area contributed by atoms with Crippen molar-refractivity contribution in [3.8, 4) is 11.3 Å². The molecule has 0 spiro atoms. The van der Waals surface area contributed by atoms with Gasteiger partial charge < -0.3 is 19.4 Å². The number of nitrogens with zero attached hydrogens (tertiary/aromatic N) is 5. The molecule has 314 valence electrons. The molecule has 0 radical (unpaired) electrons. The van der Waals surface area contributed by atoms with Crippen molar-refractivity contribution in [3.63, 3.8) is 0 Å². The average Bonchev–Trinajstić information content (AvgIpc) is 3.80. The van der Waals surface area contributed by atoms with Gasteiger partial charge in [-0.05, 0) is 70.6 Å². The molecule has 16 heteroatoms. The fraction of sp³-hybridized carbons (Fsp3) is 0.548. The molecule has 2 fully saturated rings. The van der Waals surface area contributed by atoms with Crippen LogP contribution >= 0.6 is 11.3 Å². The topological polar surface area (TPSA) is 165 Å². The second-order valence-corrected chi connectivity index (χ2v) is 19.1. The maximum Gasteiger partial charge on any atom is 0.324 e. The van der Waals surface area contributed by atoms with E-state index < -0.39 is 51.2 Å². The van der Waals surface area contributed by atoms with E-state index in [4.69, 9.17) is 19.5 Å². The van der Waals surface area contributed by atoms with Gasteiger partial charge in [-0.1, -0.05) is 32.6 Å². The minimum absolute atomic E-state index is 0.0494. The zero-order valence-corrected chi connectivity index (χ0v) is 36.3. The van der Waals surface area contributed by atoms with Crippen LogP contribution in [-0.2, 0) is 53.3 Å². The van der Waals surface area contributed by atoms with Gasteiger partial charge in [-0.3, -0.25) is 24.4 Å². The SMILES string of the molecule is C=C/C(=C(\N=C/C)[C@H](C)OC)c1c2c3cc(ccc3n1CC)-c1csc(n1)C[C@H](NC(=O)[C@H]1CCCN(S(C)(=O)=O)C1)C(=O)N1CCC[C@H](N1)C(=O)OCC(C)(C)C2. The first-order chi connectivity index (χ1) is 27.6. The van der Waals surface area contributed by atoms with Gasteiger partial charge in [0.15, 0.2) is 0 Å². The van der Waals surface area contributed by atoms with E-state index in [0.717, 1.165) is 50.9 Å². The van der Waals surface area contributed by atoms with Crippen LogP contribution in [0.1, 0.15) is 76.6 Å². The second-order valence-electron chi connectivity index (χ2n) is 16.2. The van der Waals surface area contributed by atoms with Gasteiger partial charge in [0, 0.05) is 78.8 Å². The summed E-state index contributed by atoms with van der Waals surface area (Å²) in [5.74, 6) is -1.87. The Kier molecular flexibility index (Phi) is 13.4. The largest absolute Gasteiger partial charge is 0.464 e. The number of hydrogen-bond acceptors (Lipinski definition) is 11. The van der Waals surface area contributed by atoms with E-state index in [9.17, 15) is 22.8 Å². The number of sulfonamides is 1. The monoisotopic (exact) mass is 835 g/mol. The molecule has 2 amide bonds. The first kappa shape index (κ1) is 43.4. The number of benzene rings is 1. The highest BCUT2D eigenvalue weighted by molar-refractivity contribution is 7.88. The highest BCUT2D eigenvalue weighted by Crippen LogP contribution is 2.40. The predicted molar refractivity (Wildman–Crippen MR) is 228 cm³/mol. The van der Waals surface area contributed by atoms with E-state index in [1.807, 2.05) is 31.4 Å². The van der Waals surface area contributed by atoms with E-state index in [2.05, 4.69) is 54.8 Å². The molecule has 0 aliphatic carbocycles. The standard InChI is InChI=1S/C42H57N7O7S2/c1-9-29(37(43-10-2)26(4)55-7)38-31-22-42(5,6)25-56-41(52)32-15-13-19-49(46-32)40(51)33(45-39(50)28-14-12-18-47(23-28)58(8,53)54)21-36-44-34(24-57-36)27-16-17-35(30(31)20-27)48(38)11-3/h9-10,16-17,20,24,26,28,32-33,46H,1,11-15,18-19,21-23,25H2,2-8H3,(H,45,50)/b37-29+,43-10-/t26-,28-,32-,33-/m0/s1. The van der Waals surface area contributed by atoms with Gasteiger partial charge in [-0.25, -0.2) is 23.1 Å². The van der Waals surface area contributed by atoms with Crippen molar-refractivity contribution in [1.29, 1.82) is 0 Å². The average molecular weight is 836 g/mol. The minimum Gasteiger partial charge on any atom is -0.464 e.